The Morgan fingerprint density at radius 3 is 2.69 bits per heavy atom. The van der Waals surface area contributed by atoms with Crippen molar-refractivity contribution in [2.45, 2.75) is 51.5 Å². The SMILES string of the molecule is Cc1csc(CC(=O)N2CCN(CN3C(=O)N[C@@]4(CCCC[C@@H]4C)C3=O)CC2)n1. The van der Waals surface area contributed by atoms with Crippen molar-refractivity contribution in [3.8, 4) is 0 Å². The lowest BCUT2D eigenvalue weighted by atomic mass is 9.73. The highest BCUT2D eigenvalue weighted by molar-refractivity contribution is 7.09. The summed E-state index contributed by atoms with van der Waals surface area (Å²) in [5.41, 5.74) is 0.236. The van der Waals surface area contributed by atoms with Crippen LogP contribution in [0.3, 0.4) is 0 Å². The minimum Gasteiger partial charge on any atom is -0.340 e. The second-order valence-corrected chi connectivity index (χ2v) is 9.42. The van der Waals surface area contributed by atoms with Crippen molar-refractivity contribution in [3.63, 3.8) is 0 Å². The molecule has 2 aliphatic heterocycles. The smallest absolute Gasteiger partial charge is 0.326 e. The van der Waals surface area contributed by atoms with Crippen molar-refractivity contribution < 1.29 is 14.4 Å². The number of imide groups is 1. The summed E-state index contributed by atoms with van der Waals surface area (Å²) in [5, 5.41) is 5.81. The predicted octanol–water partition coefficient (Wildman–Crippen LogP) is 1.60. The molecule has 1 aromatic heterocycles. The number of piperazine rings is 1. The van der Waals surface area contributed by atoms with Crippen LogP contribution in [-0.2, 0) is 16.0 Å². The number of aromatic nitrogens is 1. The summed E-state index contributed by atoms with van der Waals surface area (Å²) in [6.45, 7) is 6.81. The first-order valence-corrected chi connectivity index (χ1v) is 11.3. The summed E-state index contributed by atoms with van der Waals surface area (Å²) in [6.07, 6.45) is 4.13. The fourth-order valence-corrected chi connectivity index (χ4v) is 5.45. The van der Waals surface area contributed by atoms with Gasteiger partial charge in [-0.3, -0.25) is 14.5 Å². The Bertz CT molecular complexity index is 804. The highest BCUT2D eigenvalue weighted by Crippen LogP contribution is 2.38. The highest BCUT2D eigenvalue weighted by Gasteiger charge is 2.55. The number of nitrogens with one attached hydrogen (secondary N) is 1. The molecule has 2 atom stereocenters. The number of carbonyl (C=O) groups excluding carboxylic acids is 3. The molecule has 1 aromatic rings. The van der Waals surface area contributed by atoms with Gasteiger partial charge in [0.05, 0.1) is 13.1 Å². The van der Waals surface area contributed by atoms with Crippen molar-refractivity contribution in [1.82, 2.24) is 25.0 Å². The normalized spacial score (nSPS) is 28.3. The number of urea groups is 1. The molecule has 158 valence electrons. The quantitative estimate of drug-likeness (QED) is 0.749. The average molecular weight is 420 g/mol. The molecule has 3 fully saturated rings. The predicted molar refractivity (Wildman–Crippen MR) is 109 cm³/mol. The third kappa shape index (κ3) is 3.90. The van der Waals surface area contributed by atoms with Crippen LogP contribution in [0.2, 0.25) is 0 Å². The average Bonchev–Trinajstić information content (AvgIpc) is 3.21. The van der Waals surface area contributed by atoms with Gasteiger partial charge in [0.2, 0.25) is 5.91 Å². The van der Waals surface area contributed by atoms with Crippen molar-refractivity contribution in [2.75, 3.05) is 32.8 Å². The van der Waals surface area contributed by atoms with Gasteiger partial charge in [0.15, 0.2) is 0 Å². The standard InChI is InChI=1S/C20H29N5O3S/c1-14-5-3-4-6-20(14)18(27)25(19(28)22-20)13-23-7-9-24(10-8-23)17(26)11-16-21-15(2)12-29-16/h12,14H,3-11,13H2,1-2H3,(H,22,28)/t14-,20+/m0/s1. The number of nitrogens with zero attached hydrogens (tertiary/aromatic N) is 4. The molecule has 0 aromatic carbocycles. The molecule has 1 saturated carbocycles. The van der Waals surface area contributed by atoms with E-state index in [1.54, 1.807) is 0 Å². The maximum absolute atomic E-state index is 13.1. The van der Waals surface area contributed by atoms with Crippen LogP contribution in [0.15, 0.2) is 5.38 Å². The molecule has 8 nitrogen and oxygen atoms in total. The van der Waals surface area contributed by atoms with E-state index in [0.29, 0.717) is 39.3 Å². The zero-order valence-electron chi connectivity index (χ0n) is 17.1. The van der Waals surface area contributed by atoms with E-state index in [1.165, 1.54) is 16.2 Å². The van der Waals surface area contributed by atoms with Crippen LogP contribution in [0.5, 0.6) is 0 Å². The molecule has 4 rings (SSSR count). The van der Waals surface area contributed by atoms with E-state index >= 15 is 0 Å². The molecule has 1 N–H and O–H groups in total. The zero-order valence-corrected chi connectivity index (χ0v) is 18.0. The highest BCUT2D eigenvalue weighted by atomic mass is 32.1. The number of aryl methyl sites for hydroxylation is 1. The van der Waals surface area contributed by atoms with Crippen LogP contribution in [0.25, 0.3) is 0 Å². The molecular formula is C20H29N5O3S. The molecule has 1 aliphatic carbocycles. The Labute approximate surface area is 175 Å². The van der Waals surface area contributed by atoms with Gasteiger partial charge in [-0.2, -0.15) is 0 Å². The maximum atomic E-state index is 13.1. The van der Waals surface area contributed by atoms with Crippen LogP contribution < -0.4 is 5.32 Å². The molecule has 2 saturated heterocycles. The van der Waals surface area contributed by atoms with Crippen molar-refractivity contribution in [3.05, 3.63) is 16.1 Å². The number of amides is 4. The third-order valence-corrected chi connectivity index (χ3v) is 7.50. The zero-order chi connectivity index (χ0) is 20.6. The summed E-state index contributed by atoms with van der Waals surface area (Å²) < 4.78 is 0. The molecule has 0 bridgehead atoms. The largest absolute Gasteiger partial charge is 0.340 e. The van der Waals surface area contributed by atoms with E-state index in [1.807, 2.05) is 17.2 Å². The first-order chi connectivity index (χ1) is 13.9. The molecule has 3 heterocycles. The lowest BCUT2D eigenvalue weighted by molar-refractivity contribution is -0.137. The van der Waals surface area contributed by atoms with E-state index < -0.39 is 5.54 Å². The summed E-state index contributed by atoms with van der Waals surface area (Å²) in [5.74, 6) is 0.179. The molecule has 0 unspecified atom stereocenters. The minimum absolute atomic E-state index is 0.0765. The topological polar surface area (TPSA) is 85.9 Å². The second kappa shape index (κ2) is 8.02. The second-order valence-electron chi connectivity index (χ2n) is 8.48. The van der Waals surface area contributed by atoms with E-state index in [0.717, 1.165) is 36.4 Å². The Balaban J connectivity index is 1.31. The summed E-state index contributed by atoms with van der Waals surface area (Å²) >= 11 is 1.52. The lowest BCUT2D eigenvalue weighted by Gasteiger charge is -2.38. The van der Waals surface area contributed by atoms with Crippen molar-refractivity contribution >= 4 is 29.2 Å². The Morgan fingerprint density at radius 2 is 2.03 bits per heavy atom. The third-order valence-electron chi connectivity index (χ3n) is 6.54. The first-order valence-electron chi connectivity index (χ1n) is 10.4. The first kappa shape index (κ1) is 20.3. The molecule has 1 spiro atoms. The molecule has 0 radical (unpaired) electrons. The van der Waals surface area contributed by atoms with E-state index in [-0.39, 0.29) is 23.8 Å². The van der Waals surface area contributed by atoms with Gasteiger partial charge in [-0.05, 0) is 25.7 Å². The monoisotopic (exact) mass is 419 g/mol. The van der Waals surface area contributed by atoms with Crippen LogP contribution in [0.1, 0.15) is 43.3 Å². The fraction of sp³-hybridized carbons (Fsp3) is 0.700. The van der Waals surface area contributed by atoms with Gasteiger partial charge in [-0.1, -0.05) is 19.8 Å². The molecule has 4 amide bonds. The number of carbonyl (C=O) groups is 3. The van der Waals surface area contributed by atoms with Gasteiger partial charge in [0.25, 0.3) is 5.91 Å². The van der Waals surface area contributed by atoms with Crippen LogP contribution >= 0.6 is 11.3 Å². The number of hydrogen-bond donors (Lipinski definition) is 1. The van der Waals surface area contributed by atoms with E-state index in [4.69, 9.17) is 0 Å². The number of thiazole rings is 1. The molecular weight excluding hydrogens is 390 g/mol. The molecule has 3 aliphatic rings. The van der Waals surface area contributed by atoms with Gasteiger partial charge in [0, 0.05) is 37.3 Å². The fourth-order valence-electron chi connectivity index (χ4n) is 4.69. The van der Waals surface area contributed by atoms with Gasteiger partial charge in [0.1, 0.15) is 10.5 Å². The Morgan fingerprint density at radius 1 is 1.28 bits per heavy atom. The van der Waals surface area contributed by atoms with Gasteiger partial charge in [-0.15, -0.1) is 11.3 Å². The molecule has 9 heteroatoms. The summed E-state index contributed by atoms with van der Waals surface area (Å²) in [7, 11) is 0. The Hall–Kier alpha value is -2.00. The Kier molecular flexibility index (Phi) is 5.61. The summed E-state index contributed by atoms with van der Waals surface area (Å²) in [6, 6.07) is -0.276. The van der Waals surface area contributed by atoms with Crippen molar-refractivity contribution in [2.24, 2.45) is 5.92 Å². The van der Waals surface area contributed by atoms with Crippen molar-refractivity contribution in [1.29, 1.82) is 0 Å². The molecule has 29 heavy (non-hydrogen) atoms. The maximum Gasteiger partial charge on any atom is 0.326 e. The van der Waals surface area contributed by atoms with Gasteiger partial charge < -0.3 is 10.2 Å². The van der Waals surface area contributed by atoms with Crippen LogP contribution in [-0.4, -0.2) is 75.9 Å². The van der Waals surface area contributed by atoms with Crippen LogP contribution in [0, 0.1) is 12.8 Å². The van der Waals surface area contributed by atoms with Gasteiger partial charge in [-0.25, -0.2) is 14.7 Å². The number of hydrogen-bond acceptors (Lipinski definition) is 6. The summed E-state index contributed by atoms with van der Waals surface area (Å²) in [4.78, 5) is 47.8. The number of rotatable bonds is 4. The van der Waals surface area contributed by atoms with Gasteiger partial charge >= 0.3 is 6.03 Å². The van der Waals surface area contributed by atoms with E-state index in [9.17, 15) is 14.4 Å². The minimum atomic E-state index is -0.709. The van der Waals surface area contributed by atoms with Crippen LogP contribution in [0.4, 0.5) is 4.79 Å². The van der Waals surface area contributed by atoms with E-state index in [2.05, 4.69) is 22.1 Å². The lowest BCUT2D eigenvalue weighted by Crippen LogP contribution is -2.55.